The molecule has 0 saturated heterocycles. The van der Waals surface area contributed by atoms with Crippen molar-refractivity contribution < 1.29 is 9.53 Å². The van der Waals surface area contributed by atoms with E-state index in [9.17, 15) is 4.79 Å². The lowest BCUT2D eigenvalue weighted by atomic mass is 9.50. The number of ether oxygens (including phenoxy) is 1. The van der Waals surface area contributed by atoms with Gasteiger partial charge in [0.1, 0.15) is 6.10 Å². The van der Waals surface area contributed by atoms with Crippen LogP contribution in [0.25, 0.3) is 0 Å². The lowest BCUT2D eigenvalue weighted by molar-refractivity contribution is -0.151. The molecule has 3 fully saturated rings. The lowest BCUT2D eigenvalue weighted by Crippen LogP contribution is -2.46. The Hall–Kier alpha value is -1.31. The highest BCUT2D eigenvalue weighted by Crippen LogP contribution is 2.66. The Morgan fingerprint density at radius 2 is 1.35 bits per heavy atom. The minimum atomic E-state index is 0.0438. The Kier molecular flexibility index (Phi) is 15.9. The monoisotopic (exact) mass is 663 g/mol. The van der Waals surface area contributed by atoms with Crippen molar-refractivity contribution in [2.75, 3.05) is 0 Å². The molecule has 2 nitrogen and oxygen atoms in total. The van der Waals surface area contributed by atoms with E-state index < -0.39 is 0 Å². The summed E-state index contributed by atoms with van der Waals surface area (Å²) in [7, 11) is 0. The van der Waals surface area contributed by atoms with Crippen LogP contribution in [0, 0.1) is 46.3 Å². The van der Waals surface area contributed by atoms with Crippen molar-refractivity contribution in [2.45, 2.75) is 202 Å². The molecule has 8 atom stereocenters. The Bertz CT molecular complexity index is 1060. The van der Waals surface area contributed by atoms with Gasteiger partial charge in [0.25, 0.3) is 0 Å². The maximum absolute atomic E-state index is 12.8. The molecule has 0 unspecified atom stereocenters. The molecule has 0 aromatic heterocycles. The molecule has 0 aliphatic heterocycles. The van der Waals surface area contributed by atoms with Gasteiger partial charge in [-0.15, -0.1) is 0 Å². The van der Waals surface area contributed by atoms with Crippen molar-refractivity contribution in [3.63, 3.8) is 0 Å². The van der Waals surface area contributed by atoms with Crippen LogP contribution in [-0.4, -0.2) is 12.1 Å². The van der Waals surface area contributed by atoms with Gasteiger partial charge in [-0.05, 0) is 91.3 Å². The van der Waals surface area contributed by atoms with Crippen molar-refractivity contribution >= 4 is 5.97 Å². The molecule has 0 spiro atoms. The first-order valence-corrected chi connectivity index (χ1v) is 21.4. The molecule has 4 rings (SSSR count). The number of unbranched alkanes of at least 4 members (excludes halogenated alkanes) is 14. The Balaban J connectivity index is 1.14. The molecule has 4 aliphatic carbocycles. The molecular formula is C46H78O2. The van der Waals surface area contributed by atoms with Crippen LogP contribution >= 0.6 is 0 Å². The summed E-state index contributed by atoms with van der Waals surface area (Å²) < 4.78 is 6.11. The Morgan fingerprint density at radius 3 is 1.96 bits per heavy atom. The van der Waals surface area contributed by atoms with E-state index >= 15 is 0 Å². The van der Waals surface area contributed by atoms with Gasteiger partial charge in [-0.3, -0.25) is 4.79 Å². The van der Waals surface area contributed by atoms with Crippen molar-refractivity contribution in [3.05, 3.63) is 35.5 Å². The molecule has 3 saturated carbocycles. The summed E-state index contributed by atoms with van der Waals surface area (Å²) in [6.07, 6.45) is 39.6. The zero-order valence-electron chi connectivity index (χ0n) is 32.9. The SMILES string of the molecule is CCCCCCCCCCCCCCCCCC(=O)O[C@H]1CC[C@@]2(C)C(=CC=C3[C@@H]4CC[C@H]([C@H](C)/C=C\[C@H](C)C(C)C)[C@@]4(C)CC[C@@H]32)C1. The molecule has 0 N–H and O–H groups in total. The fourth-order valence-electron chi connectivity index (χ4n) is 10.6. The van der Waals surface area contributed by atoms with Gasteiger partial charge in [-0.2, -0.15) is 0 Å². The van der Waals surface area contributed by atoms with Crippen molar-refractivity contribution in [3.8, 4) is 0 Å². The maximum atomic E-state index is 12.8. The fourth-order valence-corrected chi connectivity index (χ4v) is 10.6. The van der Waals surface area contributed by atoms with E-state index in [0.717, 1.165) is 37.5 Å². The van der Waals surface area contributed by atoms with Crippen molar-refractivity contribution in [1.82, 2.24) is 0 Å². The first-order valence-electron chi connectivity index (χ1n) is 21.4. The van der Waals surface area contributed by atoms with Gasteiger partial charge in [0.15, 0.2) is 0 Å². The lowest BCUT2D eigenvalue weighted by Gasteiger charge is -2.55. The molecule has 0 radical (unpaired) electrons. The quantitative estimate of drug-likeness (QED) is 0.0694. The number of allylic oxidation sites excluding steroid dienone is 5. The molecule has 0 aromatic rings. The van der Waals surface area contributed by atoms with E-state index in [-0.39, 0.29) is 17.5 Å². The largest absolute Gasteiger partial charge is 0.462 e. The molecule has 0 amide bonds. The van der Waals surface area contributed by atoms with Gasteiger partial charge in [-0.1, -0.05) is 174 Å². The number of hydrogen-bond acceptors (Lipinski definition) is 2. The predicted molar refractivity (Wildman–Crippen MR) is 207 cm³/mol. The average Bonchev–Trinajstić information content (AvgIpc) is 3.42. The number of carbonyl (C=O) groups excluding carboxylic acids is 1. The van der Waals surface area contributed by atoms with E-state index in [1.54, 1.807) is 11.1 Å². The molecule has 0 heterocycles. The summed E-state index contributed by atoms with van der Waals surface area (Å²) in [5.41, 5.74) is 4.00. The van der Waals surface area contributed by atoms with Crippen LogP contribution in [0.15, 0.2) is 35.5 Å². The molecule has 0 bridgehead atoms. The van der Waals surface area contributed by atoms with Crippen LogP contribution in [0.3, 0.4) is 0 Å². The third-order valence-electron chi connectivity index (χ3n) is 14.3. The molecule has 48 heavy (non-hydrogen) atoms. The second kappa shape index (κ2) is 19.3. The molecular weight excluding hydrogens is 585 g/mol. The van der Waals surface area contributed by atoms with Gasteiger partial charge in [0.05, 0.1) is 0 Å². The zero-order chi connectivity index (χ0) is 34.6. The molecule has 0 aromatic carbocycles. The summed E-state index contributed by atoms with van der Waals surface area (Å²) >= 11 is 0. The minimum Gasteiger partial charge on any atom is -0.462 e. The topological polar surface area (TPSA) is 26.3 Å². The van der Waals surface area contributed by atoms with Gasteiger partial charge in [-0.25, -0.2) is 0 Å². The van der Waals surface area contributed by atoms with Crippen LogP contribution in [-0.2, 0) is 9.53 Å². The molecule has 2 heteroatoms. The third kappa shape index (κ3) is 10.4. The van der Waals surface area contributed by atoms with E-state index in [0.29, 0.717) is 35.5 Å². The Morgan fingerprint density at radius 1 is 0.750 bits per heavy atom. The summed E-state index contributed by atoms with van der Waals surface area (Å²) in [6.45, 7) is 17.0. The van der Waals surface area contributed by atoms with Crippen molar-refractivity contribution in [2.24, 2.45) is 46.3 Å². The van der Waals surface area contributed by atoms with E-state index in [4.69, 9.17) is 4.74 Å². The second-order valence-electron chi connectivity index (χ2n) is 18.0. The number of esters is 1. The highest BCUT2D eigenvalue weighted by molar-refractivity contribution is 5.69. The van der Waals surface area contributed by atoms with Gasteiger partial charge in [0.2, 0.25) is 0 Å². The zero-order valence-corrected chi connectivity index (χ0v) is 32.9. The van der Waals surface area contributed by atoms with Crippen LogP contribution in [0.2, 0.25) is 0 Å². The highest BCUT2D eigenvalue weighted by atomic mass is 16.5. The van der Waals surface area contributed by atoms with Gasteiger partial charge >= 0.3 is 5.97 Å². The van der Waals surface area contributed by atoms with Crippen LogP contribution in [0.5, 0.6) is 0 Å². The van der Waals surface area contributed by atoms with Gasteiger partial charge < -0.3 is 4.74 Å². The van der Waals surface area contributed by atoms with Crippen LogP contribution < -0.4 is 0 Å². The van der Waals surface area contributed by atoms with E-state index in [1.807, 2.05) is 0 Å². The van der Waals surface area contributed by atoms with E-state index in [1.165, 1.54) is 116 Å². The third-order valence-corrected chi connectivity index (χ3v) is 14.3. The average molecular weight is 663 g/mol. The normalized spacial score (nSPS) is 31.2. The van der Waals surface area contributed by atoms with E-state index in [2.05, 4.69) is 72.8 Å². The minimum absolute atomic E-state index is 0.0438. The number of carbonyl (C=O) groups is 1. The maximum Gasteiger partial charge on any atom is 0.306 e. The van der Waals surface area contributed by atoms with Gasteiger partial charge in [0, 0.05) is 12.8 Å². The number of rotatable bonds is 21. The smallest absolute Gasteiger partial charge is 0.306 e. The Labute approximate surface area is 298 Å². The first-order chi connectivity index (χ1) is 23.1. The molecule has 4 aliphatic rings. The summed E-state index contributed by atoms with van der Waals surface area (Å²) in [5, 5.41) is 0. The summed E-state index contributed by atoms with van der Waals surface area (Å²) in [6, 6.07) is 0. The first kappa shape index (κ1) is 39.5. The predicted octanol–water partition coefficient (Wildman–Crippen LogP) is 14.1. The summed E-state index contributed by atoms with van der Waals surface area (Å²) in [5.74, 6) is 4.27. The fraction of sp³-hybridized carbons (Fsp3) is 0.848. The summed E-state index contributed by atoms with van der Waals surface area (Å²) in [4.78, 5) is 12.8. The molecule has 274 valence electrons. The van der Waals surface area contributed by atoms with Crippen LogP contribution in [0.1, 0.15) is 196 Å². The second-order valence-corrected chi connectivity index (χ2v) is 18.0. The van der Waals surface area contributed by atoms with Crippen molar-refractivity contribution in [1.29, 1.82) is 0 Å². The van der Waals surface area contributed by atoms with Crippen LogP contribution in [0.4, 0.5) is 0 Å². The number of fused-ring (bicyclic) bond motifs is 5. The number of hydrogen-bond donors (Lipinski definition) is 0. The standard InChI is InChI=1S/C46H78O2/c1-8-9-10-11-12-13-14-15-16-17-18-19-20-21-22-23-44(47)48-39-30-32-45(6)38(34-39)26-27-40-42-29-28-41(46(42,7)33-31-43(40)45)37(5)25-24-36(4)35(2)3/h24-27,35-37,39,41-43H,8-23,28-34H2,1-7H3/b25-24-/t36-,37+,39-,41+,42-,43-,45-,46+/m0/s1. The highest BCUT2D eigenvalue weighted by Gasteiger charge is 2.57.